The van der Waals surface area contributed by atoms with Gasteiger partial charge in [0.15, 0.2) is 0 Å². The zero-order chi connectivity index (χ0) is 14.6. The molecule has 0 aromatic heterocycles. The average molecular weight is 315 g/mol. The number of anilines is 1. The molecule has 2 rings (SSSR count). The van der Waals surface area contributed by atoms with Crippen molar-refractivity contribution in [2.45, 2.75) is 32.2 Å². The second-order valence-electron chi connectivity index (χ2n) is 5.13. The minimum Gasteiger partial charge on any atom is -0.494 e. The molecule has 5 nitrogen and oxygen atoms in total. The average Bonchev–Trinajstić information content (AvgIpc) is 2.43. The first-order chi connectivity index (χ1) is 9.55. The molecule has 1 fully saturated rings. The molecule has 0 spiro atoms. The molecule has 0 unspecified atom stereocenters. The summed E-state index contributed by atoms with van der Waals surface area (Å²) in [4.78, 5) is 12.3. The van der Waals surface area contributed by atoms with Crippen molar-refractivity contribution in [1.29, 1.82) is 0 Å². The van der Waals surface area contributed by atoms with E-state index < -0.39 is 5.54 Å². The summed E-state index contributed by atoms with van der Waals surface area (Å²) in [7, 11) is 0. The third-order valence-electron chi connectivity index (χ3n) is 3.59. The zero-order valence-corrected chi connectivity index (χ0v) is 13.3. The largest absolute Gasteiger partial charge is 0.494 e. The molecule has 1 aromatic rings. The Balaban J connectivity index is 0.00000220. The van der Waals surface area contributed by atoms with E-state index in [1.165, 1.54) is 0 Å². The number of nitrogens with two attached hydrogens (primary N) is 1. The lowest BCUT2D eigenvalue weighted by atomic mass is 9.90. The number of halogens is 1. The Labute approximate surface area is 131 Å². The molecule has 0 atom stereocenters. The van der Waals surface area contributed by atoms with Gasteiger partial charge in [-0.3, -0.25) is 4.79 Å². The number of hydrogen-bond acceptors (Lipinski definition) is 4. The number of carbonyl (C=O) groups is 1. The topological polar surface area (TPSA) is 73.6 Å². The first-order valence-electron chi connectivity index (χ1n) is 6.97. The molecule has 6 heteroatoms. The van der Waals surface area contributed by atoms with E-state index >= 15 is 0 Å². The molecule has 1 aliphatic heterocycles. The molecule has 0 bridgehead atoms. The van der Waals surface area contributed by atoms with Crippen molar-refractivity contribution >= 4 is 24.0 Å². The van der Waals surface area contributed by atoms with E-state index in [0.717, 1.165) is 17.0 Å². The van der Waals surface area contributed by atoms with Gasteiger partial charge >= 0.3 is 0 Å². The van der Waals surface area contributed by atoms with Gasteiger partial charge < -0.3 is 20.5 Å². The van der Waals surface area contributed by atoms with Gasteiger partial charge in [-0.2, -0.15) is 0 Å². The van der Waals surface area contributed by atoms with Crippen LogP contribution in [0.5, 0.6) is 5.75 Å². The summed E-state index contributed by atoms with van der Waals surface area (Å²) in [5.74, 6) is 0.657. The molecule has 3 N–H and O–H groups in total. The maximum atomic E-state index is 12.3. The molecule has 21 heavy (non-hydrogen) atoms. The van der Waals surface area contributed by atoms with Crippen LogP contribution in [-0.2, 0) is 9.53 Å². The maximum Gasteiger partial charge on any atom is 0.244 e. The van der Waals surface area contributed by atoms with Crippen molar-refractivity contribution in [1.82, 2.24) is 0 Å². The van der Waals surface area contributed by atoms with Crippen molar-refractivity contribution in [3.63, 3.8) is 0 Å². The highest BCUT2D eigenvalue weighted by Crippen LogP contribution is 2.24. The molecular weight excluding hydrogens is 292 g/mol. The van der Waals surface area contributed by atoms with Crippen molar-refractivity contribution in [2.24, 2.45) is 5.73 Å². The summed E-state index contributed by atoms with van der Waals surface area (Å²) >= 11 is 0. The van der Waals surface area contributed by atoms with Crippen LogP contribution in [0.1, 0.15) is 25.3 Å². The number of nitrogens with one attached hydrogen (secondary N) is 1. The van der Waals surface area contributed by atoms with Gasteiger partial charge in [0.1, 0.15) is 11.3 Å². The van der Waals surface area contributed by atoms with Crippen LogP contribution in [0.25, 0.3) is 0 Å². The number of carbonyl (C=O) groups excluding carboxylic acids is 1. The zero-order valence-electron chi connectivity index (χ0n) is 12.5. The number of aryl methyl sites for hydroxylation is 1. The van der Waals surface area contributed by atoms with Crippen LogP contribution in [0.3, 0.4) is 0 Å². The number of hydrogen-bond donors (Lipinski definition) is 2. The molecule has 1 aromatic carbocycles. The lowest BCUT2D eigenvalue weighted by Gasteiger charge is -2.32. The first kappa shape index (κ1) is 17.8. The van der Waals surface area contributed by atoms with E-state index in [-0.39, 0.29) is 18.3 Å². The Morgan fingerprint density at radius 3 is 2.67 bits per heavy atom. The molecule has 1 amide bonds. The predicted molar refractivity (Wildman–Crippen MR) is 85.2 cm³/mol. The SMILES string of the molecule is CCOc1ccc(NC(=O)C2(N)CCOCC2)c(C)c1.Cl. The highest BCUT2D eigenvalue weighted by molar-refractivity contribution is 5.98. The molecule has 0 radical (unpaired) electrons. The van der Waals surface area contributed by atoms with Crippen LogP contribution in [-0.4, -0.2) is 31.3 Å². The number of rotatable bonds is 4. The van der Waals surface area contributed by atoms with E-state index in [4.69, 9.17) is 15.2 Å². The van der Waals surface area contributed by atoms with Gasteiger partial charge in [0.05, 0.1) is 6.61 Å². The van der Waals surface area contributed by atoms with Gasteiger partial charge in [0.2, 0.25) is 5.91 Å². The molecule has 0 aliphatic carbocycles. The normalized spacial score (nSPS) is 16.7. The molecule has 0 saturated carbocycles. The van der Waals surface area contributed by atoms with Gasteiger partial charge in [-0.05, 0) is 50.5 Å². The fourth-order valence-electron chi connectivity index (χ4n) is 2.24. The van der Waals surface area contributed by atoms with Crippen LogP contribution >= 0.6 is 12.4 Å². The van der Waals surface area contributed by atoms with Gasteiger partial charge in [-0.15, -0.1) is 12.4 Å². The second kappa shape index (κ2) is 7.64. The van der Waals surface area contributed by atoms with Gasteiger partial charge in [-0.25, -0.2) is 0 Å². The predicted octanol–water partition coefficient (Wildman–Crippen LogP) is 2.26. The Morgan fingerprint density at radius 2 is 2.10 bits per heavy atom. The van der Waals surface area contributed by atoms with Crippen LogP contribution < -0.4 is 15.8 Å². The fraction of sp³-hybridized carbons (Fsp3) is 0.533. The summed E-state index contributed by atoms with van der Waals surface area (Å²) in [6.07, 6.45) is 1.10. The number of amides is 1. The molecule has 1 aliphatic rings. The summed E-state index contributed by atoms with van der Waals surface area (Å²) in [5, 5.41) is 2.91. The van der Waals surface area contributed by atoms with Crippen LogP contribution in [0.4, 0.5) is 5.69 Å². The Bertz CT molecular complexity index is 488. The van der Waals surface area contributed by atoms with Crippen LogP contribution in [0, 0.1) is 6.92 Å². The Kier molecular flexibility index (Phi) is 6.45. The van der Waals surface area contributed by atoms with E-state index in [9.17, 15) is 4.79 Å². The van der Waals surface area contributed by atoms with Gasteiger partial charge in [0, 0.05) is 18.9 Å². The highest BCUT2D eigenvalue weighted by Gasteiger charge is 2.36. The Morgan fingerprint density at radius 1 is 1.43 bits per heavy atom. The summed E-state index contributed by atoms with van der Waals surface area (Å²) in [6.45, 7) is 5.56. The molecule has 1 heterocycles. The fourth-order valence-corrected chi connectivity index (χ4v) is 2.24. The van der Waals surface area contributed by atoms with E-state index in [0.29, 0.717) is 32.7 Å². The quantitative estimate of drug-likeness (QED) is 0.894. The maximum absolute atomic E-state index is 12.3. The van der Waals surface area contributed by atoms with E-state index in [2.05, 4.69) is 5.32 Å². The molecular formula is C15H23ClN2O3. The van der Waals surface area contributed by atoms with Crippen molar-refractivity contribution in [3.05, 3.63) is 23.8 Å². The summed E-state index contributed by atoms with van der Waals surface area (Å²) in [6, 6.07) is 5.60. The summed E-state index contributed by atoms with van der Waals surface area (Å²) in [5.41, 5.74) is 7.06. The minimum absolute atomic E-state index is 0. The monoisotopic (exact) mass is 314 g/mol. The lowest BCUT2D eigenvalue weighted by molar-refractivity contribution is -0.124. The van der Waals surface area contributed by atoms with Crippen LogP contribution in [0.15, 0.2) is 18.2 Å². The van der Waals surface area contributed by atoms with E-state index in [1.807, 2.05) is 32.0 Å². The summed E-state index contributed by atoms with van der Waals surface area (Å²) < 4.78 is 10.7. The molecule has 1 saturated heterocycles. The number of ether oxygens (including phenoxy) is 2. The van der Waals surface area contributed by atoms with Gasteiger partial charge in [-0.1, -0.05) is 0 Å². The second-order valence-corrected chi connectivity index (χ2v) is 5.13. The van der Waals surface area contributed by atoms with Crippen molar-refractivity contribution in [2.75, 3.05) is 25.1 Å². The number of benzene rings is 1. The van der Waals surface area contributed by atoms with E-state index in [1.54, 1.807) is 0 Å². The van der Waals surface area contributed by atoms with Gasteiger partial charge in [0.25, 0.3) is 0 Å². The smallest absolute Gasteiger partial charge is 0.244 e. The lowest BCUT2D eigenvalue weighted by Crippen LogP contribution is -2.54. The van der Waals surface area contributed by atoms with Crippen molar-refractivity contribution < 1.29 is 14.3 Å². The first-order valence-corrected chi connectivity index (χ1v) is 6.97. The molecule has 118 valence electrons. The van der Waals surface area contributed by atoms with Crippen molar-refractivity contribution in [3.8, 4) is 5.75 Å². The third-order valence-corrected chi connectivity index (χ3v) is 3.59. The highest BCUT2D eigenvalue weighted by atomic mass is 35.5. The Hall–Kier alpha value is -1.30. The minimum atomic E-state index is -0.830. The standard InChI is InChI=1S/C15H22N2O3.ClH/c1-3-20-12-4-5-13(11(2)10-12)17-14(18)15(16)6-8-19-9-7-15;/h4-5,10H,3,6-9,16H2,1-2H3,(H,17,18);1H. The third kappa shape index (κ3) is 4.33. The van der Waals surface area contributed by atoms with Crippen LogP contribution in [0.2, 0.25) is 0 Å².